The van der Waals surface area contributed by atoms with Crippen molar-refractivity contribution >= 4 is 11.6 Å². The molecule has 0 spiro atoms. The highest BCUT2D eigenvalue weighted by Gasteiger charge is 2.14. The highest BCUT2D eigenvalue weighted by atomic mass is 35.5. The predicted molar refractivity (Wildman–Crippen MR) is 88.0 cm³/mol. The molecule has 2 rings (SSSR count). The summed E-state index contributed by atoms with van der Waals surface area (Å²) in [5.41, 5.74) is 1.26. The fraction of sp³-hybridized carbons (Fsp3) is 0.235. The van der Waals surface area contributed by atoms with E-state index in [-0.39, 0.29) is 13.2 Å². The van der Waals surface area contributed by atoms with E-state index >= 15 is 0 Å². The average Bonchev–Trinajstić information content (AvgIpc) is 2.55. The van der Waals surface area contributed by atoms with Gasteiger partial charge in [-0.1, -0.05) is 23.7 Å². The molecule has 120 valence electrons. The van der Waals surface area contributed by atoms with Crippen molar-refractivity contribution in [3.8, 4) is 23.3 Å². The molecule has 0 saturated carbocycles. The molecule has 0 radical (unpaired) electrons. The lowest BCUT2D eigenvalue weighted by Crippen LogP contribution is -2.10. The number of nitriles is 1. The van der Waals surface area contributed by atoms with Crippen LogP contribution in [0.1, 0.15) is 11.1 Å². The van der Waals surface area contributed by atoms with Gasteiger partial charge in [0.25, 0.3) is 0 Å². The first-order valence-electron chi connectivity index (χ1n) is 7.07. The lowest BCUT2D eigenvalue weighted by Gasteiger charge is -2.16. The number of hydrogen-bond acceptors (Lipinski definition) is 5. The fourth-order valence-corrected chi connectivity index (χ4v) is 2.24. The van der Waals surface area contributed by atoms with Crippen LogP contribution < -0.4 is 14.8 Å². The summed E-state index contributed by atoms with van der Waals surface area (Å²) in [5, 5.41) is 21.7. The molecule has 2 aromatic rings. The Labute approximate surface area is 140 Å². The molecule has 2 aromatic carbocycles. The van der Waals surface area contributed by atoms with Crippen LogP contribution >= 0.6 is 11.6 Å². The van der Waals surface area contributed by atoms with E-state index in [2.05, 4.69) is 11.4 Å². The average molecular weight is 333 g/mol. The molecule has 6 heteroatoms. The number of benzene rings is 2. The number of halogens is 1. The Morgan fingerprint density at radius 1 is 1.26 bits per heavy atom. The Morgan fingerprint density at radius 2 is 2.09 bits per heavy atom. The Hall–Kier alpha value is -2.26. The number of para-hydroxylation sites is 1. The van der Waals surface area contributed by atoms with Gasteiger partial charge in [-0.2, -0.15) is 5.26 Å². The molecule has 0 unspecified atom stereocenters. The van der Waals surface area contributed by atoms with Crippen molar-refractivity contribution in [3.05, 3.63) is 52.5 Å². The molecule has 2 N–H and O–H groups in total. The summed E-state index contributed by atoms with van der Waals surface area (Å²) in [6.45, 7) is 0.629. The van der Waals surface area contributed by atoms with Crippen LogP contribution in [0.15, 0.2) is 36.4 Å². The van der Waals surface area contributed by atoms with Crippen molar-refractivity contribution < 1.29 is 14.6 Å². The van der Waals surface area contributed by atoms with Gasteiger partial charge in [-0.25, -0.2) is 0 Å². The molecule has 0 aliphatic heterocycles. The minimum atomic E-state index is -0.103. The molecule has 0 fully saturated rings. The zero-order chi connectivity index (χ0) is 16.7. The topological polar surface area (TPSA) is 74.5 Å². The summed E-state index contributed by atoms with van der Waals surface area (Å²) in [4.78, 5) is 0. The molecule has 0 aliphatic carbocycles. The van der Waals surface area contributed by atoms with E-state index in [0.717, 1.165) is 5.56 Å². The summed E-state index contributed by atoms with van der Waals surface area (Å²) in [5.74, 6) is 1.35. The van der Waals surface area contributed by atoms with E-state index in [0.29, 0.717) is 34.4 Å². The largest absolute Gasteiger partial charge is 0.487 e. The summed E-state index contributed by atoms with van der Waals surface area (Å²) < 4.78 is 11.5. The predicted octanol–water partition coefficient (Wildman–Crippen LogP) is 3.09. The number of nitrogens with one attached hydrogen (secondary N) is 1. The molecule has 5 nitrogen and oxygen atoms in total. The van der Waals surface area contributed by atoms with Crippen LogP contribution in [0.4, 0.5) is 0 Å². The molecule has 0 aliphatic rings. The van der Waals surface area contributed by atoms with Gasteiger partial charge in [-0.15, -0.1) is 0 Å². The third kappa shape index (κ3) is 4.36. The van der Waals surface area contributed by atoms with Crippen LogP contribution in [0, 0.1) is 11.3 Å². The minimum absolute atomic E-state index is 0.103. The lowest BCUT2D eigenvalue weighted by molar-refractivity contribution is 0.196. The van der Waals surface area contributed by atoms with Crippen LogP contribution in [-0.4, -0.2) is 25.4 Å². The standard InChI is InChI=1S/C17H17ClN2O3/c1-20-11-13-3-2-4-15(17(13)22-8-7-21)23-16-9-14(18)6-5-12(16)10-19/h2-6,9,20-21H,7-8,11H2,1H3. The summed E-state index contributed by atoms with van der Waals surface area (Å²) in [6.07, 6.45) is 0. The second kappa shape index (κ2) is 8.39. The highest BCUT2D eigenvalue weighted by molar-refractivity contribution is 6.30. The van der Waals surface area contributed by atoms with Crippen molar-refractivity contribution in [2.24, 2.45) is 0 Å². The van der Waals surface area contributed by atoms with Crippen molar-refractivity contribution in [1.29, 1.82) is 5.26 Å². The van der Waals surface area contributed by atoms with Gasteiger partial charge in [-0.3, -0.25) is 0 Å². The molecule has 0 heterocycles. The van der Waals surface area contributed by atoms with E-state index in [1.54, 1.807) is 24.3 Å². The van der Waals surface area contributed by atoms with Gasteiger partial charge in [0.05, 0.1) is 12.2 Å². The quantitative estimate of drug-likeness (QED) is 0.815. The zero-order valence-corrected chi connectivity index (χ0v) is 13.4. The maximum atomic E-state index is 9.19. The van der Waals surface area contributed by atoms with Crippen LogP contribution in [0.3, 0.4) is 0 Å². The van der Waals surface area contributed by atoms with Gasteiger partial charge in [0.2, 0.25) is 0 Å². The van der Waals surface area contributed by atoms with Gasteiger partial charge in [-0.05, 0) is 25.2 Å². The SMILES string of the molecule is CNCc1cccc(Oc2cc(Cl)ccc2C#N)c1OCCO. The summed E-state index contributed by atoms with van der Waals surface area (Å²) in [7, 11) is 1.83. The smallest absolute Gasteiger partial charge is 0.169 e. The molecule has 0 atom stereocenters. The van der Waals surface area contributed by atoms with Crippen LogP contribution in [0.2, 0.25) is 5.02 Å². The second-order valence-electron chi connectivity index (χ2n) is 4.70. The number of aliphatic hydroxyl groups excluding tert-OH is 1. The number of aliphatic hydroxyl groups is 1. The van der Waals surface area contributed by atoms with E-state index < -0.39 is 0 Å². The lowest BCUT2D eigenvalue weighted by atomic mass is 10.1. The Balaban J connectivity index is 2.41. The monoisotopic (exact) mass is 332 g/mol. The first-order chi connectivity index (χ1) is 11.2. The third-order valence-electron chi connectivity index (χ3n) is 3.05. The maximum absolute atomic E-state index is 9.19. The molecule has 23 heavy (non-hydrogen) atoms. The first kappa shape index (κ1) is 17.1. The zero-order valence-electron chi connectivity index (χ0n) is 12.7. The Bertz CT molecular complexity index is 713. The van der Waals surface area contributed by atoms with Crippen molar-refractivity contribution in [1.82, 2.24) is 5.32 Å². The number of rotatable bonds is 7. The molecule has 0 bridgehead atoms. The number of ether oxygens (including phenoxy) is 2. The van der Waals surface area contributed by atoms with E-state index in [4.69, 9.17) is 26.2 Å². The van der Waals surface area contributed by atoms with Gasteiger partial charge in [0, 0.05) is 23.2 Å². The molecule has 0 amide bonds. The van der Waals surface area contributed by atoms with Gasteiger partial charge < -0.3 is 19.9 Å². The maximum Gasteiger partial charge on any atom is 0.169 e. The van der Waals surface area contributed by atoms with E-state index in [9.17, 15) is 5.26 Å². The van der Waals surface area contributed by atoms with E-state index in [1.807, 2.05) is 19.2 Å². The van der Waals surface area contributed by atoms with Gasteiger partial charge in [0.15, 0.2) is 11.5 Å². The second-order valence-corrected chi connectivity index (χ2v) is 5.14. The normalized spacial score (nSPS) is 10.2. The van der Waals surface area contributed by atoms with Gasteiger partial charge >= 0.3 is 0 Å². The van der Waals surface area contributed by atoms with Crippen LogP contribution in [0.5, 0.6) is 17.2 Å². The van der Waals surface area contributed by atoms with Gasteiger partial charge in [0.1, 0.15) is 18.4 Å². The van der Waals surface area contributed by atoms with Crippen molar-refractivity contribution in [2.45, 2.75) is 6.54 Å². The molecular formula is C17H17ClN2O3. The molecule has 0 aromatic heterocycles. The molecular weight excluding hydrogens is 316 g/mol. The Kier molecular flexibility index (Phi) is 6.24. The van der Waals surface area contributed by atoms with Crippen molar-refractivity contribution in [3.63, 3.8) is 0 Å². The van der Waals surface area contributed by atoms with E-state index in [1.165, 1.54) is 0 Å². The highest BCUT2D eigenvalue weighted by Crippen LogP contribution is 2.36. The van der Waals surface area contributed by atoms with Crippen LogP contribution in [-0.2, 0) is 6.54 Å². The summed E-state index contributed by atoms with van der Waals surface area (Å²) in [6, 6.07) is 12.4. The summed E-state index contributed by atoms with van der Waals surface area (Å²) >= 11 is 5.98. The first-order valence-corrected chi connectivity index (χ1v) is 7.45. The van der Waals surface area contributed by atoms with Crippen molar-refractivity contribution in [2.75, 3.05) is 20.3 Å². The fourth-order valence-electron chi connectivity index (χ4n) is 2.07. The number of nitrogens with zero attached hydrogens (tertiary/aromatic N) is 1. The third-order valence-corrected chi connectivity index (χ3v) is 3.28. The van der Waals surface area contributed by atoms with Crippen LogP contribution in [0.25, 0.3) is 0 Å². The molecule has 0 saturated heterocycles. The minimum Gasteiger partial charge on any atom is -0.487 e. The number of hydrogen-bond donors (Lipinski definition) is 2. The Morgan fingerprint density at radius 3 is 2.78 bits per heavy atom.